The normalized spacial score (nSPS) is 11.8. The molecule has 4 nitrogen and oxygen atoms in total. The van der Waals surface area contributed by atoms with Crippen molar-refractivity contribution in [3.63, 3.8) is 0 Å². The second-order valence-corrected chi connectivity index (χ2v) is 7.06. The zero-order valence-electron chi connectivity index (χ0n) is 17.5. The van der Waals surface area contributed by atoms with Gasteiger partial charge >= 0.3 is 11.9 Å². The smallest absolute Gasteiger partial charge is 0.334 e. The summed E-state index contributed by atoms with van der Waals surface area (Å²) >= 11 is 0. The van der Waals surface area contributed by atoms with E-state index in [1.807, 2.05) is 0 Å². The van der Waals surface area contributed by atoms with E-state index in [1.54, 1.807) is 13.8 Å². The van der Waals surface area contributed by atoms with Crippen molar-refractivity contribution in [2.45, 2.75) is 105 Å². The molecule has 0 aromatic rings. The number of ether oxygens (including phenoxy) is 2. The predicted molar refractivity (Wildman–Crippen MR) is 107 cm³/mol. The van der Waals surface area contributed by atoms with Gasteiger partial charge in [-0.05, 0) is 26.7 Å². The maximum atomic E-state index is 12.0. The molecule has 0 spiro atoms. The maximum Gasteiger partial charge on any atom is 0.334 e. The Bertz CT molecular complexity index is 374. The number of carbonyl (C=O) groups excluding carboxylic acids is 2. The van der Waals surface area contributed by atoms with E-state index in [4.69, 9.17) is 9.47 Å². The summed E-state index contributed by atoms with van der Waals surface area (Å²) in [5.74, 6) is -0.819. The number of hydrogen-bond acceptors (Lipinski definition) is 4. The largest absolute Gasteiger partial charge is 0.462 e. The Morgan fingerprint density at radius 2 is 0.846 bits per heavy atom. The fourth-order valence-corrected chi connectivity index (χ4v) is 2.62. The van der Waals surface area contributed by atoms with Crippen molar-refractivity contribution in [1.29, 1.82) is 0 Å². The van der Waals surface area contributed by atoms with Crippen LogP contribution in [0.1, 0.15) is 105 Å². The second kappa shape index (κ2) is 17.1. The van der Waals surface area contributed by atoms with Crippen LogP contribution in [0.2, 0.25) is 0 Å². The molecular formula is C22H40O4. The molecule has 0 N–H and O–H groups in total. The highest BCUT2D eigenvalue weighted by molar-refractivity contribution is 5.99. The quantitative estimate of drug-likeness (QED) is 0.187. The summed E-state index contributed by atoms with van der Waals surface area (Å²) < 4.78 is 10.5. The van der Waals surface area contributed by atoms with Crippen LogP contribution in [0.25, 0.3) is 0 Å². The first-order chi connectivity index (χ1) is 12.5. The molecule has 0 radical (unpaired) electrons. The van der Waals surface area contributed by atoms with E-state index < -0.39 is 11.9 Å². The van der Waals surface area contributed by atoms with E-state index >= 15 is 0 Å². The molecule has 4 heteroatoms. The van der Waals surface area contributed by atoms with Gasteiger partial charge in [-0.1, -0.05) is 78.1 Å². The van der Waals surface area contributed by atoms with Crippen LogP contribution in [0.4, 0.5) is 0 Å². The van der Waals surface area contributed by atoms with E-state index in [1.165, 1.54) is 51.4 Å². The monoisotopic (exact) mass is 368 g/mol. The van der Waals surface area contributed by atoms with Gasteiger partial charge in [-0.25, -0.2) is 9.59 Å². The fraction of sp³-hybridized carbons (Fsp3) is 0.818. The lowest BCUT2D eigenvalue weighted by atomic mass is 10.1. The maximum absolute atomic E-state index is 12.0. The molecule has 0 saturated carbocycles. The van der Waals surface area contributed by atoms with Crippen molar-refractivity contribution in [2.24, 2.45) is 0 Å². The van der Waals surface area contributed by atoms with Gasteiger partial charge in [0.1, 0.15) is 0 Å². The van der Waals surface area contributed by atoms with Crippen LogP contribution >= 0.6 is 0 Å². The van der Waals surface area contributed by atoms with Gasteiger partial charge in [0.15, 0.2) is 0 Å². The average molecular weight is 369 g/mol. The van der Waals surface area contributed by atoms with Crippen molar-refractivity contribution < 1.29 is 19.1 Å². The van der Waals surface area contributed by atoms with Crippen LogP contribution in [0.15, 0.2) is 11.1 Å². The molecule has 0 atom stereocenters. The van der Waals surface area contributed by atoms with E-state index in [-0.39, 0.29) is 0 Å². The summed E-state index contributed by atoms with van der Waals surface area (Å²) in [6.07, 6.45) is 13.8. The van der Waals surface area contributed by atoms with Crippen LogP contribution in [-0.2, 0) is 19.1 Å². The van der Waals surface area contributed by atoms with Gasteiger partial charge in [-0.2, -0.15) is 0 Å². The standard InChI is InChI=1S/C22H40O4/c1-5-7-9-11-13-15-17-25-21(23)19(3)20(4)22(24)26-18-16-14-12-10-8-6-2/h5-18H2,1-4H3/b20-19-. The van der Waals surface area contributed by atoms with Crippen molar-refractivity contribution in [2.75, 3.05) is 13.2 Å². The third kappa shape index (κ3) is 13.0. The van der Waals surface area contributed by atoms with Gasteiger partial charge in [0.05, 0.1) is 13.2 Å². The van der Waals surface area contributed by atoms with Gasteiger partial charge in [-0.15, -0.1) is 0 Å². The second-order valence-electron chi connectivity index (χ2n) is 7.06. The van der Waals surface area contributed by atoms with E-state index in [2.05, 4.69) is 13.8 Å². The third-order valence-corrected chi connectivity index (χ3v) is 4.64. The SMILES string of the molecule is CCCCCCCCOC(=O)/C(C)=C(/C)C(=O)OCCCCCCCC. The minimum atomic E-state index is -0.410. The van der Waals surface area contributed by atoms with Gasteiger partial charge in [0.2, 0.25) is 0 Å². The lowest BCUT2D eigenvalue weighted by Gasteiger charge is -2.09. The molecule has 152 valence electrons. The molecular weight excluding hydrogens is 328 g/mol. The van der Waals surface area contributed by atoms with Crippen molar-refractivity contribution in [3.05, 3.63) is 11.1 Å². The molecule has 0 heterocycles. The Balaban J connectivity index is 3.94. The minimum absolute atomic E-state index is 0.351. The molecule has 0 aromatic carbocycles. The first-order valence-corrected chi connectivity index (χ1v) is 10.6. The molecule has 0 aromatic heterocycles. The first-order valence-electron chi connectivity index (χ1n) is 10.6. The van der Waals surface area contributed by atoms with Crippen LogP contribution < -0.4 is 0 Å². The predicted octanol–water partition coefficient (Wildman–Crippen LogP) is 6.13. The van der Waals surface area contributed by atoms with Crippen LogP contribution in [-0.4, -0.2) is 25.2 Å². The zero-order chi connectivity index (χ0) is 19.6. The van der Waals surface area contributed by atoms with Crippen LogP contribution in [0.5, 0.6) is 0 Å². The minimum Gasteiger partial charge on any atom is -0.462 e. The Morgan fingerprint density at radius 1 is 0.538 bits per heavy atom. The summed E-state index contributed by atoms with van der Waals surface area (Å²) in [5, 5.41) is 0. The van der Waals surface area contributed by atoms with E-state index in [9.17, 15) is 9.59 Å². The molecule has 0 aliphatic heterocycles. The van der Waals surface area contributed by atoms with Crippen LogP contribution in [0, 0.1) is 0 Å². The van der Waals surface area contributed by atoms with E-state index in [0.29, 0.717) is 24.4 Å². The number of rotatable bonds is 16. The summed E-state index contributed by atoms with van der Waals surface area (Å²) in [7, 11) is 0. The fourth-order valence-electron chi connectivity index (χ4n) is 2.62. The van der Waals surface area contributed by atoms with E-state index in [0.717, 1.165) is 25.7 Å². The number of esters is 2. The van der Waals surface area contributed by atoms with Gasteiger partial charge in [0, 0.05) is 11.1 Å². The highest BCUT2D eigenvalue weighted by atomic mass is 16.5. The van der Waals surface area contributed by atoms with Crippen molar-refractivity contribution in [1.82, 2.24) is 0 Å². The number of unbranched alkanes of at least 4 members (excludes halogenated alkanes) is 10. The molecule has 0 fully saturated rings. The Kier molecular flexibility index (Phi) is 16.2. The Morgan fingerprint density at radius 3 is 1.19 bits per heavy atom. The van der Waals surface area contributed by atoms with Crippen LogP contribution in [0.3, 0.4) is 0 Å². The zero-order valence-corrected chi connectivity index (χ0v) is 17.5. The number of hydrogen-bond donors (Lipinski definition) is 0. The summed E-state index contributed by atoms with van der Waals surface area (Å²) in [6, 6.07) is 0. The average Bonchev–Trinajstić information content (AvgIpc) is 2.64. The lowest BCUT2D eigenvalue weighted by Crippen LogP contribution is -2.14. The molecule has 0 aliphatic carbocycles. The van der Waals surface area contributed by atoms with Crippen molar-refractivity contribution >= 4 is 11.9 Å². The molecule has 0 aliphatic rings. The van der Waals surface area contributed by atoms with Gasteiger partial charge < -0.3 is 9.47 Å². The van der Waals surface area contributed by atoms with Gasteiger partial charge in [0.25, 0.3) is 0 Å². The molecule has 0 saturated heterocycles. The molecule has 0 bridgehead atoms. The van der Waals surface area contributed by atoms with Gasteiger partial charge in [-0.3, -0.25) is 0 Å². The van der Waals surface area contributed by atoms with Crippen molar-refractivity contribution in [3.8, 4) is 0 Å². The Hall–Kier alpha value is -1.32. The lowest BCUT2D eigenvalue weighted by molar-refractivity contribution is -0.142. The summed E-state index contributed by atoms with van der Waals surface area (Å²) in [6.45, 7) is 8.48. The first kappa shape index (κ1) is 24.7. The molecule has 0 rings (SSSR count). The third-order valence-electron chi connectivity index (χ3n) is 4.64. The summed E-state index contributed by atoms with van der Waals surface area (Å²) in [4.78, 5) is 24.0. The topological polar surface area (TPSA) is 52.6 Å². The highest BCUT2D eigenvalue weighted by Gasteiger charge is 2.15. The number of carbonyl (C=O) groups is 2. The Labute approximate surface area is 160 Å². The highest BCUT2D eigenvalue weighted by Crippen LogP contribution is 2.11. The molecule has 0 amide bonds. The molecule has 0 unspecified atom stereocenters. The molecule has 26 heavy (non-hydrogen) atoms. The summed E-state index contributed by atoms with van der Waals surface area (Å²) in [5.41, 5.74) is 0.702.